The van der Waals surface area contributed by atoms with E-state index in [9.17, 15) is 9.18 Å². The molecule has 0 unspecified atom stereocenters. The van der Waals surface area contributed by atoms with E-state index in [0.29, 0.717) is 22.1 Å². The van der Waals surface area contributed by atoms with Crippen LogP contribution in [0.15, 0.2) is 36.4 Å². The number of anilines is 1. The highest BCUT2D eigenvalue weighted by atomic mass is 35.5. The molecular weight excluding hydrogens is 344 g/mol. The van der Waals surface area contributed by atoms with Gasteiger partial charge >= 0.3 is 0 Å². The quantitative estimate of drug-likeness (QED) is 0.825. The molecule has 0 aromatic heterocycles. The van der Waals surface area contributed by atoms with E-state index in [1.165, 1.54) is 24.3 Å². The van der Waals surface area contributed by atoms with Crippen LogP contribution in [0.4, 0.5) is 10.1 Å². The maximum Gasteiger partial charge on any atom is 0.248 e. The van der Waals surface area contributed by atoms with Crippen LogP contribution in [0.3, 0.4) is 0 Å². The summed E-state index contributed by atoms with van der Waals surface area (Å²) in [6.07, 6.45) is 2.80. The summed E-state index contributed by atoms with van der Waals surface area (Å²) >= 11 is 11.7. The van der Waals surface area contributed by atoms with Gasteiger partial charge in [-0.05, 0) is 42.0 Å². The average molecular weight is 354 g/mol. The van der Waals surface area contributed by atoms with Crippen molar-refractivity contribution in [1.29, 1.82) is 0 Å². The van der Waals surface area contributed by atoms with Crippen molar-refractivity contribution in [2.24, 2.45) is 0 Å². The summed E-state index contributed by atoms with van der Waals surface area (Å²) in [5.74, 6) is -0.0943. The number of hydrogen-bond acceptors (Lipinski definition) is 3. The largest absolute Gasteiger partial charge is 0.454 e. The van der Waals surface area contributed by atoms with Gasteiger partial charge in [-0.2, -0.15) is 0 Å². The third-order valence-electron chi connectivity index (χ3n) is 3.07. The fourth-order valence-corrected chi connectivity index (χ4v) is 2.45. The number of nitrogens with one attached hydrogen (secondary N) is 1. The predicted molar refractivity (Wildman–Crippen MR) is 86.6 cm³/mol. The van der Waals surface area contributed by atoms with Gasteiger partial charge in [0.1, 0.15) is 5.82 Å². The zero-order valence-electron chi connectivity index (χ0n) is 11.6. The third kappa shape index (κ3) is 3.57. The van der Waals surface area contributed by atoms with Gasteiger partial charge in [0.05, 0.1) is 10.7 Å². The number of ether oxygens (including phenoxy) is 2. The van der Waals surface area contributed by atoms with Crippen molar-refractivity contribution in [3.05, 3.63) is 57.8 Å². The summed E-state index contributed by atoms with van der Waals surface area (Å²) in [6, 6.07) is 7.34. The molecule has 1 aliphatic rings. The first kappa shape index (κ1) is 15.6. The predicted octanol–water partition coefficient (Wildman–Crippen LogP) is 4.51. The Labute approximate surface area is 141 Å². The van der Waals surface area contributed by atoms with Crippen molar-refractivity contribution in [2.75, 3.05) is 12.1 Å². The molecule has 4 nitrogen and oxygen atoms in total. The number of hydrogen-bond donors (Lipinski definition) is 1. The van der Waals surface area contributed by atoms with Gasteiger partial charge in [-0.3, -0.25) is 4.79 Å². The Morgan fingerprint density at radius 1 is 1.22 bits per heavy atom. The molecule has 1 amide bonds. The first-order valence-electron chi connectivity index (χ1n) is 6.56. The molecule has 2 aromatic carbocycles. The fraction of sp³-hybridized carbons (Fsp3) is 0.0625. The number of rotatable bonds is 3. The fourth-order valence-electron chi connectivity index (χ4n) is 2.02. The number of halogens is 3. The van der Waals surface area contributed by atoms with Crippen molar-refractivity contribution < 1.29 is 18.7 Å². The molecule has 1 heterocycles. The van der Waals surface area contributed by atoms with E-state index >= 15 is 0 Å². The van der Waals surface area contributed by atoms with Crippen molar-refractivity contribution in [3.63, 3.8) is 0 Å². The number of fused-ring (bicyclic) bond motifs is 1. The molecule has 0 saturated heterocycles. The minimum absolute atomic E-state index is 0.0489. The normalized spacial score (nSPS) is 12.7. The monoisotopic (exact) mass is 353 g/mol. The molecule has 0 fully saturated rings. The number of benzene rings is 2. The molecule has 1 aliphatic heterocycles. The molecule has 3 rings (SSSR count). The van der Waals surface area contributed by atoms with E-state index in [1.807, 2.05) is 0 Å². The molecule has 2 aromatic rings. The lowest BCUT2D eigenvalue weighted by Gasteiger charge is -2.04. The Hall–Kier alpha value is -2.24. The second-order valence-corrected chi connectivity index (χ2v) is 5.53. The molecule has 0 radical (unpaired) electrons. The number of carbonyl (C=O) groups is 1. The first-order chi connectivity index (χ1) is 11.0. The van der Waals surface area contributed by atoms with E-state index in [0.717, 1.165) is 6.07 Å². The van der Waals surface area contributed by atoms with Crippen molar-refractivity contribution in [2.45, 2.75) is 0 Å². The van der Waals surface area contributed by atoms with Crippen LogP contribution >= 0.6 is 23.2 Å². The maximum absolute atomic E-state index is 13.6. The molecule has 7 heteroatoms. The Morgan fingerprint density at radius 2 is 2.04 bits per heavy atom. The average Bonchev–Trinajstić information content (AvgIpc) is 2.97. The van der Waals surface area contributed by atoms with Gasteiger partial charge in [0.15, 0.2) is 11.5 Å². The molecule has 1 N–H and O–H groups in total. The van der Waals surface area contributed by atoms with Crippen LogP contribution in [-0.2, 0) is 4.79 Å². The summed E-state index contributed by atoms with van der Waals surface area (Å²) in [5.41, 5.74) is 0.707. The Balaban J connectivity index is 1.72. The Bertz CT molecular complexity index is 808. The van der Waals surface area contributed by atoms with Gasteiger partial charge in [0.2, 0.25) is 12.7 Å². The standard InChI is InChI=1S/C16H10Cl2FNO3/c17-10-2-3-13(12(19)7-10)20-15(21)4-1-9-5-11(18)16-14(6-9)22-8-23-16/h1-7H,8H2,(H,20,21)/b4-1+. The SMILES string of the molecule is O=C(/C=C/c1cc(Cl)c2c(c1)OCO2)Nc1ccc(Cl)cc1F. The number of carbonyl (C=O) groups excluding carboxylic acids is 1. The molecule has 0 spiro atoms. The van der Waals surface area contributed by atoms with Crippen molar-refractivity contribution >= 4 is 40.9 Å². The van der Waals surface area contributed by atoms with Crippen molar-refractivity contribution in [3.8, 4) is 11.5 Å². The second-order valence-electron chi connectivity index (χ2n) is 4.68. The summed E-state index contributed by atoms with van der Waals surface area (Å²) in [7, 11) is 0. The smallest absolute Gasteiger partial charge is 0.248 e. The molecule has 0 atom stereocenters. The van der Waals surface area contributed by atoms with Gasteiger partial charge in [-0.15, -0.1) is 0 Å². The highest BCUT2D eigenvalue weighted by Gasteiger charge is 2.17. The van der Waals surface area contributed by atoms with E-state index in [2.05, 4.69) is 5.32 Å². The van der Waals surface area contributed by atoms with E-state index in [-0.39, 0.29) is 17.5 Å². The topological polar surface area (TPSA) is 47.6 Å². The third-order valence-corrected chi connectivity index (χ3v) is 3.58. The van der Waals surface area contributed by atoms with E-state index in [1.54, 1.807) is 12.1 Å². The lowest BCUT2D eigenvalue weighted by atomic mass is 10.2. The summed E-state index contributed by atoms with van der Waals surface area (Å²) < 4.78 is 24.1. The highest BCUT2D eigenvalue weighted by molar-refractivity contribution is 6.32. The van der Waals surface area contributed by atoms with Crippen LogP contribution in [0.25, 0.3) is 6.08 Å². The minimum atomic E-state index is -0.606. The van der Waals surface area contributed by atoms with Crippen LogP contribution in [-0.4, -0.2) is 12.7 Å². The highest BCUT2D eigenvalue weighted by Crippen LogP contribution is 2.40. The van der Waals surface area contributed by atoms with E-state index < -0.39 is 11.7 Å². The molecular formula is C16H10Cl2FNO3. The van der Waals surface area contributed by atoms with Crippen LogP contribution in [0.2, 0.25) is 10.0 Å². The molecule has 0 saturated carbocycles. The van der Waals surface area contributed by atoms with Crippen LogP contribution < -0.4 is 14.8 Å². The van der Waals surface area contributed by atoms with Gasteiger partial charge < -0.3 is 14.8 Å². The van der Waals surface area contributed by atoms with Crippen LogP contribution in [0.1, 0.15) is 5.56 Å². The lowest BCUT2D eigenvalue weighted by molar-refractivity contribution is -0.111. The zero-order chi connectivity index (χ0) is 16.4. The number of amides is 1. The van der Waals surface area contributed by atoms with E-state index in [4.69, 9.17) is 32.7 Å². The van der Waals surface area contributed by atoms with Crippen molar-refractivity contribution in [1.82, 2.24) is 0 Å². The van der Waals surface area contributed by atoms with Crippen LogP contribution in [0.5, 0.6) is 11.5 Å². The van der Waals surface area contributed by atoms with Gasteiger partial charge in [0.25, 0.3) is 0 Å². The molecule has 0 bridgehead atoms. The second kappa shape index (κ2) is 6.48. The summed E-state index contributed by atoms with van der Waals surface area (Å²) in [5, 5.41) is 3.07. The minimum Gasteiger partial charge on any atom is -0.454 e. The van der Waals surface area contributed by atoms with Crippen LogP contribution in [0, 0.1) is 5.82 Å². The maximum atomic E-state index is 13.6. The Morgan fingerprint density at radius 3 is 2.83 bits per heavy atom. The lowest BCUT2D eigenvalue weighted by Crippen LogP contribution is -2.09. The summed E-state index contributed by atoms with van der Waals surface area (Å²) in [6.45, 7) is 0.110. The molecule has 118 valence electrons. The van der Waals surface area contributed by atoms with Gasteiger partial charge in [-0.1, -0.05) is 23.2 Å². The molecule has 0 aliphatic carbocycles. The first-order valence-corrected chi connectivity index (χ1v) is 7.32. The Kier molecular flexibility index (Phi) is 4.41. The summed E-state index contributed by atoms with van der Waals surface area (Å²) in [4.78, 5) is 11.9. The van der Waals surface area contributed by atoms with Gasteiger partial charge in [0, 0.05) is 11.1 Å². The molecule has 23 heavy (non-hydrogen) atoms. The van der Waals surface area contributed by atoms with Gasteiger partial charge in [-0.25, -0.2) is 4.39 Å². The zero-order valence-corrected chi connectivity index (χ0v) is 13.1.